The first-order chi connectivity index (χ1) is 10.3. The van der Waals surface area contributed by atoms with Crippen LogP contribution in [0.5, 0.6) is 0 Å². The first kappa shape index (κ1) is 17.3. The fraction of sp³-hybridized carbons (Fsp3) is 0.632. The molecule has 2 nitrogen and oxygen atoms in total. The maximum absolute atomic E-state index is 13.4. The molecule has 2 rings (SSSR count). The van der Waals surface area contributed by atoms with Crippen LogP contribution in [-0.2, 0) is 4.57 Å². The number of carbonyl (C=O) groups is 1. The van der Waals surface area contributed by atoms with Gasteiger partial charge in [-0.1, -0.05) is 50.8 Å². The van der Waals surface area contributed by atoms with Gasteiger partial charge in [0.2, 0.25) is 0 Å². The number of carbonyl (C=O) groups excluding carboxylic acids is 1. The zero-order valence-electron chi connectivity index (χ0n) is 14.5. The van der Waals surface area contributed by atoms with E-state index in [4.69, 9.17) is 0 Å². The molecule has 1 aliphatic rings. The summed E-state index contributed by atoms with van der Waals surface area (Å²) in [6, 6.07) is 4.14. The summed E-state index contributed by atoms with van der Waals surface area (Å²) in [7, 11) is -1.54. The third-order valence-corrected chi connectivity index (χ3v) is 7.33. The number of benzene rings is 1. The molecule has 0 bridgehead atoms. The van der Waals surface area contributed by atoms with E-state index in [-0.39, 0.29) is 11.4 Å². The van der Waals surface area contributed by atoms with Crippen molar-refractivity contribution in [1.29, 1.82) is 0 Å². The van der Waals surface area contributed by atoms with E-state index in [1.54, 1.807) is 0 Å². The van der Waals surface area contributed by atoms with Crippen LogP contribution in [0.2, 0.25) is 0 Å². The van der Waals surface area contributed by atoms with Crippen molar-refractivity contribution in [2.45, 2.75) is 77.5 Å². The monoisotopic (exact) mass is 319 g/mol. The molecule has 1 aromatic rings. The summed E-state index contributed by atoms with van der Waals surface area (Å²) >= 11 is 0. The Morgan fingerprint density at radius 1 is 1.05 bits per heavy atom. The Labute approximate surface area is 135 Å². The Kier molecular flexibility index (Phi) is 5.22. The highest BCUT2D eigenvalue weighted by atomic mass is 31.1. The minimum atomic E-state index is -1.54. The number of hydrogen-bond donors (Lipinski definition) is 0. The maximum Gasteiger partial charge on any atom is 0.180 e. The Balaban J connectivity index is 2.53. The minimum absolute atomic E-state index is 0.0584. The molecule has 0 spiro atoms. The molecule has 121 valence electrons. The number of ketones is 1. The van der Waals surface area contributed by atoms with Gasteiger partial charge in [0.1, 0.15) is 5.16 Å². The van der Waals surface area contributed by atoms with Crippen LogP contribution in [-0.4, -0.2) is 16.6 Å². The Morgan fingerprint density at radius 3 is 2.00 bits per heavy atom. The summed E-state index contributed by atoms with van der Waals surface area (Å²) in [4.78, 5) is 13.4. The van der Waals surface area contributed by atoms with Crippen molar-refractivity contribution < 1.29 is 9.36 Å². The Hall–Kier alpha value is -1.01. The fourth-order valence-corrected chi connectivity index (χ4v) is 6.01. The van der Waals surface area contributed by atoms with Crippen molar-refractivity contribution in [2.75, 3.05) is 0 Å². The summed E-state index contributed by atoms with van der Waals surface area (Å²) < 4.78 is 13.1. The molecule has 1 fully saturated rings. The second-order valence-corrected chi connectivity index (χ2v) is 9.66. The molecular weight excluding hydrogens is 291 g/mol. The molecule has 1 aliphatic carbocycles. The second-order valence-electron chi connectivity index (χ2n) is 7.11. The summed E-state index contributed by atoms with van der Waals surface area (Å²) in [6.07, 6.45) is 4.76. The van der Waals surface area contributed by atoms with Crippen molar-refractivity contribution in [3.05, 3.63) is 34.4 Å². The highest BCUT2D eigenvalue weighted by Crippen LogP contribution is 2.53. The van der Waals surface area contributed by atoms with Gasteiger partial charge in [-0.15, -0.1) is 0 Å². The summed E-state index contributed by atoms with van der Waals surface area (Å²) in [5.74, 6) is 0.136. The molecule has 0 heterocycles. The molecular formula is C19H28O2P. The van der Waals surface area contributed by atoms with Gasteiger partial charge in [-0.25, -0.2) is 0 Å². The average Bonchev–Trinajstić information content (AvgIpc) is 2.45. The lowest BCUT2D eigenvalue weighted by molar-refractivity contribution is 0.0910. The van der Waals surface area contributed by atoms with Crippen LogP contribution >= 0.6 is 7.80 Å². The number of aryl methyl sites for hydroxylation is 3. The zero-order chi connectivity index (χ0) is 16.5. The van der Waals surface area contributed by atoms with Crippen LogP contribution in [0.4, 0.5) is 0 Å². The highest BCUT2D eigenvalue weighted by molar-refractivity contribution is 7.48. The third kappa shape index (κ3) is 3.04. The molecule has 1 radical (unpaired) electrons. The van der Waals surface area contributed by atoms with Crippen LogP contribution in [0.25, 0.3) is 0 Å². The largest absolute Gasteiger partial charge is 0.293 e. The van der Waals surface area contributed by atoms with Crippen LogP contribution < -0.4 is 0 Å². The van der Waals surface area contributed by atoms with Gasteiger partial charge in [-0.3, -0.25) is 9.36 Å². The van der Waals surface area contributed by atoms with Crippen molar-refractivity contribution >= 4 is 13.6 Å². The standard InChI is InChI=1S/C19H28O2P/c1-13(2)22(21)19(9-7-6-8-10-19)18(20)17-15(4)11-14(3)12-16(17)5/h11-13H,6-10H2,1-5H3. The number of hydrogen-bond acceptors (Lipinski definition) is 2. The normalized spacial score (nSPS) is 18.4. The van der Waals surface area contributed by atoms with Gasteiger partial charge in [-0.05, 0) is 44.7 Å². The average molecular weight is 319 g/mol. The van der Waals surface area contributed by atoms with E-state index in [2.05, 4.69) is 19.1 Å². The summed E-state index contributed by atoms with van der Waals surface area (Å²) in [5, 5.41) is -0.632. The maximum atomic E-state index is 13.4. The number of rotatable bonds is 4. The molecule has 1 saturated carbocycles. The molecule has 1 unspecified atom stereocenters. The smallest absolute Gasteiger partial charge is 0.180 e. The predicted octanol–water partition coefficient (Wildman–Crippen LogP) is 5.73. The fourth-order valence-electron chi connectivity index (χ4n) is 3.95. The van der Waals surface area contributed by atoms with Crippen molar-refractivity contribution in [1.82, 2.24) is 0 Å². The first-order valence-electron chi connectivity index (χ1n) is 8.39. The third-order valence-electron chi connectivity index (χ3n) is 4.90. The van der Waals surface area contributed by atoms with Crippen LogP contribution in [0.3, 0.4) is 0 Å². The molecule has 0 amide bonds. The quantitative estimate of drug-likeness (QED) is 0.524. The van der Waals surface area contributed by atoms with Gasteiger partial charge in [-0.2, -0.15) is 0 Å². The zero-order valence-corrected chi connectivity index (χ0v) is 15.4. The molecule has 22 heavy (non-hydrogen) atoms. The summed E-state index contributed by atoms with van der Waals surface area (Å²) in [5.41, 5.74) is 4.11. The van der Waals surface area contributed by atoms with Crippen LogP contribution in [0.1, 0.15) is 73.0 Å². The number of Topliss-reactive ketones (excluding diaryl/α,β-unsaturated/α-hetero) is 1. The van der Waals surface area contributed by atoms with Crippen molar-refractivity contribution in [2.24, 2.45) is 0 Å². The highest BCUT2D eigenvalue weighted by Gasteiger charge is 2.47. The topological polar surface area (TPSA) is 34.1 Å². The molecule has 0 saturated heterocycles. The van der Waals surface area contributed by atoms with E-state index in [1.165, 1.54) is 5.56 Å². The lowest BCUT2D eigenvalue weighted by atomic mass is 9.80. The van der Waals surface area contributed by atoms with Gasteiger partial charge in [0.25, 0.3) is 0 Å². The van der Waals surface area contributed by atoms with Gasteiger partial charge in [0, 0.05) is 11.2 Å². The minimum Gasteiger partial charge on any atom is -0.293 e. The lowest BCUT2D eigenvalue weighted by Crippen LogP contribution is -2.39. The van der Waals surface area contributed by atoms with E-state index >= 15 is 0 Å². The van der Waals surface area contributed by atoms with E-state index < -0.39 is 13.0 Å². The van der Waals surface area contributed by atoms with Crippen molar-refractivity contribution in [3.63, 3.8) is 0 Å². The molecule has 0 aliphatic heterocycles. The van der Waals surface area contributed by atoms with Crippen LogP contribution in [0.15, 0.2) is 12.1 Å². The van der Waals surface area contributed by atoms with Gasteiger partial charge < -0.3 is 0 Å². The molecule has 3 heteroatoms. The van der Waals surface area contributed by atoms with E-state index in [0.29, 0.717) is 0 Å². The second kappa shape index (κ2) is 6.62. The van der Waals surface area contributed by atoms with Gasteiger partial charge in [0.15, 0.2) is 5.78 Å². The van der Waals surface area contributed by atoms with E-state index in [1.807, 2.05) is 27.7 Å². The lowest BCUT2D eigenvalue weighted by Gasteiger charge is -2.36. The van der Waals surface area contributed by atoms with Crippen molar-refractivity contribution in [3.8, 4) is 0 Å². The van der Waals surface area contributed by atoms with E-state index in [9.17, 15) is 9.36 Å². The molecule has 1 aromatic carbocycles. The van der Waals surface area contributed by atoms with E-state index in [0.717, 1.165) is 48.8 Å². The SMILES string of the molecule is Cc1cc(C)c(C(=O)C2([P](=O)C(C)C)CCCCC2)c(C)c1. The predicted molar refractivity (Wildman–Crippen MR) is 93.5 cm³/mol. The Morgan fingerprint density at radius 2 is 1.55 bits per heavy atom. The molecule has 0 N–H and O–H groups in total. The molecule has 1 atom stereocenters. The molecule has 0 aromatic heterocycles. The van der Waals surface area contributed by atoms with Gasteiger partial charge in [0.05, 0.1) is 7.80 Å². The summed E-state index contributed by atoms with van der Waals surface area (Å²) in [6.45, 7) is 10.0. The first-order valence-corrected chi connectivity index (χ1v) is 9.71. The Bertz CT molecular complexity index is 572. The van der Waals surface area contributed by atoms with Gasteiger partial charge >= 0.3 is 0 Å². The van der Waals surface area contributed by atoms with Crippen LogP contribution in [0, 0.1) is 20.8 Å².